The van der Waals surface area contributed by atoms with Crippen molar-refractivity contribution in [2.24, 2.45) is 0 Å². The maximum absolute atomic E-state index is 12.1. The number of hydrogen-bond acceptors (Lipinski definition) is 5. The maximum atomic E-state index is 12.1. The number of urea groups is 1. The van der Waals surface area contributed by atoms with Gasteiger partial charge in [0, 0.05) is 59.6 Å². The maximum Gasteiger partial charge on any atom is 0.324 e. The molecule has 0 radical (unpaired) electrons. The number of ether oxygens (including phenoxy) is 1. The molecule has 9 nitrogen and oxygen atoms in total. The fourth-order valence-electron chi connectivity index (χ4n) is 3.57. The van der Waals surface area contributed by atoms with Crippen molar-refractivity contribution >= 4 is 17.6 Å². The SMILES string of the molecule is CN1CC(CN2CC(n3cc(N4CCN(C)C4=O)cn3)C2)OCC1=O. The number of amides is 3. The van der Waals surface area contributed by atoms with Crippen molar-refractivity contribution in [3.05, 3.63) is 12.4 Å². The Morgan fingerprint density at radius 2 is 1.96 bits per heavy atom. The monoisotopic (exact) mass is 348 g/mol. The van der Waals surface area contributed by atoms with Gasteiger partial charge in [-0.05, 0) is 0 Å². The minimum Gasteiger partial charge on any atom is -0.365 e. The normalized spacial score (nSPS) is 25.8. The summed E-state index contributed by atoms with van der Waals surface area (Å²) in [6.07, 6.45) is 3.81. The molecular weight excluding hydrogens is 324 g/mol. The van der Waals surface area contributed by atoms with E-state index in [4.69, 9.17) is 4.74 Å². The van der Waals surface area contributed by atoms with Crippen molar-refractivity contribution < 1.29 is 14.3 Å². The van der Waals surface area contributed by atoms with Gasteiger partial charge in [-0.15, -0.1) is 0 Å². The highest BCUT2D eigenvalue weighted by atomic mass is 16.5. The van der Waals surface area contributed by atoms with Crippen LogP contribution in [0.1, 0.15) is 6.04 Å². The van der Waals surface area contributed by atoms with Gasteiger partial charge in [0.1, 0.15) is 6.61 Å². The molecule has 0 aromatic carbocycles. The summed E-state index contributed by atoms with van der Waals surface area (Å²) in [7, 11) is 3.63. The van der Waals surface area contributed by atoms with Crippen LogP contribution in [-0.2, 0) is 9.53 Å². The van der Waals surface area contributed by atoms with Crippen LogP contribution in [0.4, 0.5) is 10.5 Å². The van der Waals surface area contributed by atoms with Gasteiger partial charge in [-0.25, -0.2) is 4.79 Å². The van der Waals surface area contributed by atoms with Crippen LogP contribution in [0, 0.1) is 0 Å². The molecule has 0 saturated carbocycles. The van der Waals surface area contributed by atoms with Crippen molar-refractivity contribution in [2.75, 3.05) is 64.9 Å². The van der Waals surface area contributed by atoms with E-state index >= 15 is 0 Å². The molecule has 25 heavy (non-hydrogen) atoms. The van der Waals surface area contributed by atoms with Crippen molar-refractivity contribution in [1.29, 1.82) is 0 Å². The molecule has 3 fully saturated rings. The Balaban J connectivity index is 1.28. The molecule has 136 valence electrons. The van der Waals surface area contributed by atoms with E-state index in [9.17, 15) is 9.59 Å². The van der Waals surface area contributed by atoms with Gasteiger partial charge in [0.15, 0.2) is 0 Å². The Morgan fingerprint density at radius 3 is 2.64 bits per heavy atom. The molecule has 0 aliphatic carbocycles. The van der Waals surface area contributed by atoms with Gasteiger partial charge in [-0.2, -0.15) is 5.10 Å². The van der Waals surface area contributed by atoms with E-state index in [1.54, 1.807) is 20.9 Å². The lowest BCUT2D eigenvalue weighted by molar-refractivity contribution is -0.148. The quantitative estimate of drug-likeness (QED) is 0.731. The highest BCUT2D eigenvalue weighted by Crippen LogP contribution is 2.25. The van der Waals surface area contributed by atoms with E-state index in [0.29, 0.717) is 19.1 Å². The van der Waals surface area contributed by atoms with Gasteiger partial charge in [-0.1, -0.05) is 0 Å². The number of hydrogen-bond donors (Lipinski definition) is 0. The number of aromatic nitrogens is 2. The number of anilines is 1. The molecule has 0 N–H and O–H groups in total. The Kier molecular flexibility index (Phi) is 4.12. The first kappa shape index (κ1) is 16.3. The molecule has 3 amide bonds. The van der Waals surface area contributed by atoms with E-state index in [-0.39, 0.29) is 24.6 Å². The molecule has 3 saturated heterocycles. The van der Waals surface area contributed by atoms with Crippen LogP contribution in [0.3, 0.4) is 0 Å². The van der Waals surface area contributed by atoms with Crippen LogP contribution in [0.15, 0.2) is 12.4 Å². The number of carbonyl (C=O) groups excluding carboxylic acids is 2. The lowest BCUT2D eigenvalue weighted by Gasteiger charge is -2.42. The highest BCUT2D eigenvalue weighted by molar-refractivity contribution is 5.93. The van der Waals surface area contributed by atoms with Gasteiger partial charge >= 0.3 is 6.03 Å². The van der Waals surface area contributed by atoms with Gasteiger partial charge in [0.25, 0.3) is 0 Å². The van der Waals surface area contributed by atoms with Crippen LogP contribution >= 0.6 is 0 Å². The van der Waals surface area contributed by atoms with Crippen LogP contribution in [0.2, 0.25) is 0 Å². The molecule has 1 aromatic rings. The number of likely N-dealkylation sites (tertiary alicyclic amines) is 1. The zero-order valence-corrected chi connectivity index (χ0v) is 14.7. The molecular formula is C16H24N6O3. The third-order valence-corrected chi connectivity index (χ3v) is 5.24. The van der Waals surface area contributed by atoms with E-state index < -0.39 is 0 Å². The minimum absolute atomic E-state index is 0.0305. The first-order chi connectivity index (χ1) is 12.0. The Morgan fingerprint density at radius 1 is 1.16 bits per heavy atom. The molecule has 0 bridgehead atoms. The van der Waals surface area contributed by atoms with Crippen molar-refractivity contribution in [3.8, 4) is 0 Å². The summed E-state index contributed by atoms with van der Waals surface area (Å²) in [5, 5.41) is 4.44. The fourth-order valence-corrected chi connectivity index (χ4v) is 3.57. The summed E-state index contributed by atoms with van der Waals surface area (Å²) < 4.78 is 7.55. The molecule has 1 atom stereocenters. The summed E-state index contributed by atoms with van der Waals surface area (Å²) in [5.74, 6) is 0.0453. The van der Waals surface area contributed by atoms with Gasteiger partial charge in [0.2, 0.25) is 5.91 Å². The van der Waals surface area contributed by atoms with Gasteiger partial charge in [-0.3, -0.25) is 19.3 Å². The fraction of sp³-hybridized carbons (Fsp3) is 0.688. The van der Waals surface area contributed by atoms with Gasteiger partial charge < -0.3 is 14.5 Å². The Hall–Kier alpha value is -2.13. The van der Waals surface area contributed by atoms with E-state index in [2.05, 4.69) is 10.00 Å². The largest absolute Gasteiger partial charge is 0.365 e. The Bertz CT molecular complexity index is 671. The second-order valence-electron chi connectivity index (χ2n) is 7.11. The number of likely N-dealkylation sites (N-methyl/N-ethyl adjacent to an activating group) is 2. The second-order valence-corrected chi connectivity index (χ2v) is 7.11. The molecule has 4 rings (SSSR count). The third kappa shape index (κ3) is 3.09. The summed E-state index contributed by atoms with van der Waals surface area (Å²) in [6.45, 7) is 4.94. The van der Waals surface area contributed by atoms with Crippen molar-refractivity contribution in [1.82, 2.24) is 24.5 Å². The summed E-state index contributed by atoms with van der Waals surface area (Å²) >= 11 is 0. The first-order valence-electron chi connectivity index (χ1n) is 8.66. The third-order valence-electron chi connectivity index (χ3n) is 5.24. The number of morpholine rings is 1. The molecule has 1 unspecified atom stereocenters. The van der Waals surface area contributed by atoms with Crippen LogP contribution in [-0.4, -0.2) is 102 Å². The number of carbonyl (C=O) groups is 2. The van der Waals surface area contributed by atoms with Gasteiger partial charge in [0.05, 0.1) is 24.0 Å². The highest BCUT2D eigenvalue weighted by Gasteiger charge is 2.34. The second kappa shape index (κ2) is 6.30. The zero-order valence-electron chi connectivity index (χ0n) is 14.7. The van der Waals surface area contributed by atoms with Crippen molar-refractivity contribution in [2.45, 2.75) is 12.1 Å². The molecule has 1 aromatic heterocycles. The molecule has 3 aliphatic rings. The molecule has 3 aliphatic heterocycles. The van der Waals surface area contributed by atoms with E-state index in [0.717, 1.165) is 31.9 Å². The zero-order chi connectivity index (χ0) is 17.6. The van der Waals surface area contributed by atoms with Crippen molar-refractivity contribution in [3.63, 3.8) is 0 Å². The van der Waals surface area contributed by atoms with E-state index in [1.165, 1.54) is 0 Å². The van der Waals surface area contributed by atoms with Crippen LogP contribution < -0.4 is 4.90 Å². The number of nitrogens with zero attached hydrogens (tertiary/aromatic N) is 6. The minimum atomic E-state index is 0.0305. The smallest absolute Gasteiger partial charge is 0.324 e. The van der Waals surface area contributed by atoms with Crippen LogP contribution in [0.25, 0.3) is 0 Å². The van der Waals surface area contributed by atoms with Crippen LogP contribution in [0.5, 0.6) is 0 Å². The lowest BCUT2D eigenvalue weighted by atomic mass is 10.1. The number of rotatable bonds is 4. The summed E-state index contributed by atoms with van der Waals surface area (Å²) in [4.78, 5) is 31.0. The average Bonchev–Trinajstić information content (AvgIpc) is 3.14. The molecule has 0 spiro atoms. The predicted octanol–water partition coefficient (Wildman–Crippen LogP) is -0.531. The van der Waals surface area contributed by atoms with E-state index in [1.807, 2.05) is 25.0 Å². The standard InChI is InChI=1S/C16H24N6O3/c1-18-3-4-21(16(18)24)12-5-17-22(8-12)13-6-20(7-13)10-14-9-19(2)15(23)11-25-14/h5,8,13-14H,3-4,6-7,9-11H2,1-2H3. The predicted molar refractivity (Wildman–Crippen MR) is 90.5 cm³/mol. The summed E-state index contributed by atoms with van der Waals surface area (Å²) in [6, 6.07) is 0.357. The topological polar surface area (TPSA) is 74.2 Å². The molecule has 9 heteroatoms. The first-order valence-corrected chi connectivity index (χ1v) is 8.66. The average molecular weight is 348 g/mol. The Labute approximate surface area is 146 Å². The lowest BCUT2D eigenvalue weighted by Crippen LogP contribution is -2.55. The molecule has 4 heterocycles. The summed E-state index contributed by atoms with van der Waals surface area (Å²) in [5.41, 5.74) is 0.864.